The molecule has 84 valence electrons. The molecule has 0 fully saturated rings. The Kier molecular flexibility index (Phi) is 5.30. The number of pyridine rings is 1. The first kappa shape index (κ1) is 13.0. The van der Waals surface area contributed by atoms with E-state index in [9.17, 15) is 4.79 Å². The summed E-state index contributed by atoms with van der Waals surface area (Å²) in [5, 5.41) is 3.13. The zero-order valence-electron chi connectivity index (χ0n) is 8.68. The number of nitrogens with one attached hydrogen (secondary N) is 1. The van der Waals surface area contributed by atoms with Gasteiger partial charge < -0.3 is 5.32 Å². The van der Waals surface area contributed by atoms with Crippen molar-refractivity contribution in [3.8, 4) is 11.8 Å². The van der Waals surface area contributed by atoms with Gasteiger partial charge in [-0.15, -0.1) is 5.92 Å². The Morgan fingerprint density at radius 2 is 2.44 bits per heavy atom. The van der Waals surface area contributed by atoms with Crippen LogP contribution >= 0.6 is 27.5 Å². The van der Waals surface area contributed by atoms with E-state index in [1.54, 1.807) is 19.2 Å². The maximum absolute atomic E-state index is 11.4. The third-order valence-corrected chi connectivity index (χ3v) is 2.52. The summed E-state index contributed by atoms with van der Waals surface area (Å²) >= 11 is 9.18. The minimum Gasteiger partial charge on any atom is -0.345 e. The highest BCUT2D eigenvalue weighted by Crippen LogP contribution is 2.18. The van der Waals surface area contributed by atoms with E-state index in [0.717, 1.165) is 4.47 Å². The Hall–Kier alpha value is -1.05. The first-order valence-corrected chi connectivity index (χ1v) is 5.77. The topological polar surface area (TPSA) is 42.0 Å². The van der Waals surface area contributed by atoms with Crippen molar-refractivity contribution in [1.82, 2.24) is 10.3 Å². The fourth-order valence-corrected chi connectivity index (χ4v) is 1.71. The van der Waals surface area contributed by atoms with Gasteiger partial charge in [0, 0.05) is 10.7 Å². The lowest BCUT2D eigenvalue weighted by molar-refractivity contribution is -0.120. The Balaban J connectivity index is 2.58. The highest BCUT2D eigenvalue weighted by atomic mass is 79.9. The van der Waals surface area contributed by atoms with E-state index in [2.05, 4.69) is 38.1 Å². The molecular weight excluding hydrogens is 291 g/mol. The third-order valence-electron chi connectivity index (χ3n) is 1.76. The first-order chi connectivity index (χ1) is 7.63. The second kappa shape index (κ2) is 6.51. The van der Waals surface area contributed by atoms with Crippen LogP contribution in [0.5, 0.6) is 0 Å². The number of halogens is 2. The van der Waals surface area contributed by atoms with Crippen LogP contribution in [0.15, 0.2) is 16.7 Å². The predicted octanol–water partition coefficient (Wildman–Crippen LogP) is 2.18. The highest BCUT2D eigenvalue weighted by Gasteiger charge is 2.07. The van der Waals surface area contributed by atoms with Gasteiger partial charge in [0.25, 0.3) is 0 Å². The van der Waals surface area contributed by atoms with E-state index >= 15 is 0 Å². The average molecular weight is 302 g/mol. The summed E-state index contributed by atoms with van der Waals surface area (Å²) in [6.45, 7) is 2.07. The molecule has 0 unspecified atom stereocenters. The standard InChI is InChI=1S/C11H10BrClN2O/c1-2-3-4-14-11(16)6-10-9(13)5-8(12)7-15-10/h5,7H,4,6H2,1H3,(H,14,16). The van der Waals surface area contributed by atoms with Crippen molar-refractivity contribution in [3.63, 3.8) is 0 Å². The number of aromatic nitrogens is 1. The summed E-state index contributed by atoms with van der Waals surface area (Å²) < 4.78 is 0.790. The van der Waals surface area contributed by atoms with Gasteiger partial charge in [-0.1, -0.05) is 17.5 Å². The lowest BCUT2D eigenvalue weighted by atomic mass is 10.2. The molecule has 5 heteroatoms. The molecule has 1 aromatic rings. The van der Waals surface area contributed by atoms with Gasteiger partial charge in [-0.05, 0) is 28.9 Å². The molecule has 0 saturated heterocycles. The summed E-state index contributed by atoms with van der Waals surface area (Å²) in [5.41, 5.74) is 0.562. The SMILES string of the molecule is CC#CCNC(=O)Cc1ncc(Br)cc1Cl. The van der Waals surface area contributed by atoms with E-state index in [1.807, 2.05) is 0 Å². The number of nitrogens with zero attached hydrogens (tertiary/aromatic N) is 1. The van der Waals surface area contributed by atoms with Crippen LogP contribution in [0.2, 0.25) is 5.02 Å². The maximum Gasteiger partial charge on any atom is 0.226 e. The molecule has 3 nitrogen and oxygen atoms in total. The van der Waals surface area contributed by atoms with Crippen LogP contribution in [0.25, 0.3) is 0 Å². The van der Waals surface area contributed by atoms with Gasteiger partial charge in [-0.2, -0.15) is 0 Å². The molecular formula is C11H10BrClN2O. The number of hydrogen-bond acceptors (Lipinski definition) is 2. The van der Waals surface area contributed by atoms with Crippen molar-refractivity contribution < 1.29 is 4.79 Å². The predicted molar refractivity (Wildman–Crippen MR) is 67.1 cm³/mol. The summed E-state index contributed by atoms with van der Waals surface area (Å²) in [5.74, 6) is 5.30. The smallest absolute Gasteiger partial charge is 0.226 e. The number of amides is 1. The molecule has 0 bridgehead atoms. The highest BCUT2D eigenvalue weighted by molar-refractivity contribution is 9.10. The monoisotopic (exact) mass is 300 g/mol. The molecule has 1 aromatic heterocycles. The quantitative estimate of drug-likeness (QED) is 0.870. The number of rotatable bonds is 3. The van der Waals surface area contributed by atoms with Gasteiger partial charge in [0.05, 0.1) is 23.7 Å². The van der Waals surface area contributed by atoms with E-state index in [-0.39, 0.29) is 12.3 Å². The van der Waals surface area contributed by atoms with Crippen molar-refractivity contribution in [2.24, 2.45) is 0 Å². The fourth-order valence-electron chi connectivity index (χ4n) is 1.02. The summed E-state index contributed by atoms with van der Waals surface area (Å²) in [6.07, 6.45) is 1.78. The molecule has 0 atom stereocenters. The molecule has 0 aliphatic carbocycles. The number of hydrogen-bond donors (Lipinski definition) is 1. The zero-order valence-corrected chi connectivity index (χ0v) is 11.0. The molecule has 1 amide bonds. The van der Waals surface area contributed by atoms with Crippen LogP contribution in [0.1, 0.15) is 12.6 Å². The first-order valence-electron chi connectivity index (χ1n) is 4.59. The van der Waals surface area contributed by atoms with Crippen LogP contribution < -0.4 is 5.32 Å². The Morgan fingerprint density at radius 1 is 1.69 bits per heavy atom. The van der Waals surface area contributed by atoms with Gasteiger partial charge >= 0.3 is 0 Å². The lowest BCUT2D eigenvalue weighted by Crippen LogP contribution is -2.25. The molecule has 0 aliphatic heterocycles. The zero-order chi connectivity index (χ0) is 12.0. The summed E-state index contributed by atoms with van der Waals surface area (Å²) in [7, 11) is 0. The van der Waals surface area contributed by atoms with Gasteiger partial charge in [0.1, 0.15) is 0 Å². The normalized spacial score (nSPS) is 9.19. The van der Waals surface area contributed by atoms with Crippen molar-refractivity contribution >= 4 is 33.4 Å². The molecule has 0 radical (unpaired) electrons. The number of carbonyl (C=O) groups excluding carboxylic acids is 1. The van der Waals surface area contributed by atoms with Gasteiger partial charge in [-0.3, -0.25) is 9.78 Å². The lowest BCUT2D eigenvalue weighted by Gasteiger charge is -2.03. The Labute approximate surface area is 108 Å². The van der Waals surface area contributed by atoms with Crippen molar-refractivity contribution in [2.45, 2.75) is 13.3 Å². The van der Waals surface area contributed by atoms with Crippen LogP contribution in [-0.4, -0.2) is 17.4 Å². The maximum atomic E-state index is 11.4. The molecule has 0 aliphatic rings. The van der Waals surface area contributed by atoms with E-state index < -0.39 is 0 Å². The molecule has 1 rings (SSSR count). The van der Waals surface area contributed by atoms with Crippen molar-refractivity contribution in [3.05, 3.63) is 27.5 Å². The van der Waals surface area contributed by atoms with Crippen molar-refractivity contribution in [2.75, 3.05) is 6.54 Å². The fraction of sp³-hybridized carbons (Fsp3) is 0.273. The van der Waals surface area contributed by atoms with Crippen LogP contribution in [-0.2, 0) is 11.2 Å². The molecule has 1 heterocycles. The van der Waals surface area contributed by atoms with Crippen LogP contribution in [0.3, 0.4) is 0 Å². The van der Waals surface area contributed by atoms with Gasteiger partial charge in [0.2, 0.25) is 5.91 Å². The second-order valence-corrected chi connectivity index (χ2v) is 4.29. The molecule has 0 spiro atoms. The molecule has 0 saturated carbocycles. The van der Waals surface area contributed by atoms with Gasteiger partial charge in [0.15, 0.2) is 0 Å². The average Bonchev–Trinajstić information content (AvgIpc) is 2.23. The van der Waals surface area contributed by atoms with E-state index in [4.69, 9.17) is 11.6 Å². The van der Waals surface area contributed by atoms with Crippen LogP contribution in [0.4, 0.5) is 0 Å². The van der Waals surface area contributed by atoms with E-state index in [1.165, 1.54) is 0 Å². The minimum atomic E-state index is -0.139. The van der Waals surface area contributed by atoms with Crippen LogP contribution in [0, 0.1) is 11.8 Å². The Bertz CT molecular complexity index is 451. The largest absolute Gasteiger partial charge is 0.345 e. The summed E-state index contributed by atoms with van der Waals surface area (Å²) in [6, 6.07) is 1.71. The molecule has 16 heavy (non-hydrogen) atoms. The Morgan fingerprint density at radius 3 is 3.06 bits per heavy atom. The van der Waals surface area contributed by atoms with E-state index in [0.29, 0.717) is 17.3 Å². The molecule has 0 aromatic carbocycles. The number of carbonyl (C=O) groups is 1. The van der Waals surface area contributed by atoms with Gasteiger partial charge in [-0.25, -0.2) is 0 Å². The molecule has 1 N–H and O–H groups in total. The minimum absolute atomic E-state index is 0.139. The third kappa shape index (κ3) is 4.21. The van der Waals surface area contributed by atoms with Crippen molar-refractivity contribution in [1.29, 1.82) is 0 Å². The second-order valence-electron chi connectivity index (χ2n) is 2.96. The summed E-state index contributed by atoms with van der Waals surface area (Å²) in [4.78, 5) is 15.5.